The van der Waals surface area contributed by atoms with Gasteiger partial charge in [-0.15, -0.1) is 0 Å². The second-order valence-electron chi connectivity index (χ2n) is 22.2. The topological polar surface area (TPSA) is 35.9 Å². The minimum absolute atomic E-state index is 0.00816. The van der Waals surface area contributed by atoms with Crippen molar-refractivity contribution in [3.63, 3.8) is 0 Å². The Balaban J connectivity index is 1.25. The molecule has 91 heavy (non-hydrogen) atoms. The first-order valence-electron chi connectivity index (χ1n) is 46.5. The number of benzene rings is 12. The Bertz CT molecular complexity index is 6520. The van der Waals surface area contributed by atoms with Gasteiger partial charge in [0.25, 0.3) is 6.33 Å². The summed E-state index contributed by atoms with van der Waals surface area (Å²) in [6.07, 6.45) is 4.97. The summed E-state index contributed by atoms with van der Waals surface area (Å²) in [5.41, 5.74) is -1.37. The van der Waals surface area contributed by atoms with E-state index >= 15 is 0 Å². The molecule has 0 aliphatic heterocycles. The monoisotopic (exact) mass is 1240 g/mol. The van der Waals surface area contributed by atoms with Gasteiger partial charge in [-0.05, 0) is 143 Å². The van der Waals surface area contributed by atoms with E-state index < -0.39 is 281 Å². The first-order chi connectivity index (χ1) is 59.4. The Labute approximate surface area is 585 Å². The molecule has 0 unspecified atom stereocenters. The van der Waals surface area contributed by atoms with E-state index in [0.717, 1.165) is 56.8 Å². The predicted molar refractivity (Wildman–Crippen MR) is 383 cm³/mol. The average molecular weight is 1240 g/mol. The van der Waals surface area contributed by atoms with Crippen molar-refractivity contribution in [2.24, 2.45) is 0 Å². The van der Waals surface area contributed by atoms with Gasteiger partial charge < -0.3 is 4.74 Å². The van der Waals surface area contributed by atoms with Crippen molar-refractivity contribution in [3.05, 3.63) is 344 Å². The highest BCUT2D eigenvalue weighted by Crippen LogP contribution is 2.37. The molecule has 0 N–H and O–H groups in total. The summed E-state index contributed by atoms with van der Waals surface area (Å²) in [5.74, 6) is 0.774. The van der Waals surface area contributed by atoms with Crippen LogP contribution < -0.4 is 50.8 Å². The molecule has 5 nitrogen and oxygen atoms in total. The molecular weight excluding hydrogens is 1140 g/mol. The molecule has 0 fully saturated rings. The van der Waals surface area contributed by atoms with Gasteiger partial charge in [-0.25, -0.2) is 4.98 Å². The van der Waals surface area contributed by atoms with Crippen LogP contribution in [0, 0.1) is 20.0 Å². The largest absolute Gasteiger partial charge is 0.458 e. The van der Waals surface area contributed by atoms with Crippen molar-refractivity contribution in [3.8, 4) is 39.8 Å². The lowest BCUT2D eigenvalue weighted by molar-refractivity contribution is -0.570. The van der Waals surface area contributed by atoms with Gasteiger partial charge >= 0.3 is 0 Å². The fourth-order valence-corrected chi connectivity index (χ4v) is 20.3. The maximum atomic E-state index is 10.4. The first kappa shape index (κ1) is 29.7. The third-order valence-electron chi connectivity index (χ3n) is 16.1. The number of hydrogen-bond donors (Lipinski definition) is 0. The number of aryl methyl sites for hydroxylation is 2. The van der Waals surface area contributed by atoms with E-state index in [9.17, 15) is 32.9 Å². The molecule has 15 aromatic rings. The summed E-state index contributed by atoms with van der Waals surface area (Å²) < 4.78 is 360. The fourth-order valence-electron chi connectivity index (χ4n) is 12.1. The van der Waals surface area contributed by atoms with Gasteiger partial charge in [0.15, 0.2) is 16.1 Å². The molecule has 0 atom stereocenters. The summed E-state index contributed by atoms with van der Waals surface area (Å²) in [7, 11) is -13.8. The van der Waals surface area contributed by atoms with Gasteiger partial charge in [0, 0.05) is 31.3 Å². The van der Waals surface area contributed by atoms with Gasteiger partial charge in [-0.3, -0.25) is 13.7 Å². The molecule has 0 radical (unpaired) electrons. The molecule has 0 saturated heterocycles. The summed E-state index contributed by atoms with van der Waals surface area (Å²) in [5, 5.41) is -7.45. The van der Waals surface area contributed by atoms with Gasteiger partial charge in [0.2, 0.25) is 0 Å². The zero-order chi connectivity index (χ0) is 92.8. The molecule has 0 saturated carbocycles. The zero-order valence-electron chi connectivity index (χ0n) is 84.5. The minimum Gasteiger partial charge on any atom is -0.458 e. The molecule has 0 aliphatic rings. The Kier molecular flexibility index (Phi) is 7.63. The van der Waals surface area contributed by atoms with Gasteiger partial charge in [-0.2, -0.15) is 0 Å². The molecule has 0 aliphatic carbocycles. The third-order valence-corrected chi connectivity index (χ3v) is 24.5. The molecule has 0 bridgehead atoms. The predicted octanol–water partition coefficient (Wildman–Crippen LogP) is 14.3. The highest BCUT2D eigenvalue weighted by Gasteiger charge is 2.48. The molecular formula is C84H68N4OSi2. The van der Waals surface area contributed by atoms with Crippen LogP contribution in [-0.2, 0) is 5.41 Å². The van der Waals surface area contributed by atoms with Crippen LogP contribution in [0.2, 0.25) is 0 Å². The van der Waals surface area contributed by atoms with Crippen LogP contribution in [-0.4, -0.2) is 30.3 Å². The summed E-state index contributed by atoms with van der Waals surface area (Å²) in [6.45, 7) is -0.0794. The van der Waals surface area contributed by atoms with Crippen LogP contribution in [0.1, 0.15) is 86.8 Å². The number of imidazole rings is 1. The van der Waals surface area contributed by atoms with E-state index in [2.05, 4.69) is 27.1 Å². The van der Waals surface area contributed by atoms with E-state index in [1.54, 1.807) is 18.3 Å². The smallest absolute Gasteiger partial charge is 0.269 e. The molecule has 3 heterocycles. The van der Waals surface area contributed by atoms with Crippen LogP contribution >= 0.6 is 0 Å². The molecule has 12 aromatic carbocycles. The van der Waals surface area contributed by atoms with Gasteiger partial charge in [0.1, 0.15) is 17.3 Å². The number of ether oxygens (including phenoxy) is 1. The van der Waals surface area contributed by atoms with Gasteiger partial charge in [0.05, 0.1) is 74.6 Å². The number of hydrogen-bond acceptors (Lipinski definition) is 2. The Hall–Kier alpha value is -10.7. The van der Waals surface area contributed by atoms with E-state index in [-0.39, 0.29) is 33.7 Å². The average Bonchev–Trinajstić information content (AvgIpc) is 1.63. The summed E-state index contributed by atoms with van der Waals surface area (Å²) in [4.78, 5) is 4.83. The summed E-state index contributed by atoms with van der Waals surface area (Å²) in [6, 6.07) is -5.88. The molecule has 0 spiro atoms. The third kappa shape index (κ3) is 9.76. The number of rotatable bonds is 14. The fraction of sp³-hybridized carbons (Fsp3) is 0.0714. The van der Waals surface area contributed by atoms with Crippen molar-refractivity contribution in [1.82, 2.24) is 14.1 Å². The van der Waals surface area contributed by atoms with E-state index in [1.807, 2.05) is 47.0 Å². The van der Waals surface area contributed by atoms with E-state index in [1.165, 1.54) is 53.1 Å². The van der Waals surface area contributed by atoms with Crippen LogP contribution in [0.3, 0.4) is 0 Å². The molecule has 0 amide bonds. The minimum atomic E-state index is -6.90. The van der Waals surface area contributed by atoms with Crippen molar-refractivity contribution >= 4 is 90.5 Å². The van der Waals surface area contributed by atoms with Crippen molar-refractivity contribution in [2.45, 2.75) is 39.9 Å². The molecule has 7 heteroatoms. The van der Waals surface area contributed by atoms with Crippen LogP contribution in [0.4, 0.5) is 0 Å². The van der Waals surface area contributed by atoms with Crippen molar-refractivity contribution in [2.75, 3.05) is 0 Å². The second kappa shape index (κ2) is 23.3. The Morgan fingerprint density at radius 2 is 0.956 bits per heavy atom. The Morgan fingerprint density at radius 3 is 1.48 bits per heavy atom. The van der Waals surface area contributed by atoms with Crippen molar-refractivity contribution < 1.29 is 58.7 Å². The van der Waals surface area contributed by atoms with Crippen LogP contribution in [0.5, 0.6) is 11.5 Å². The highest BCUT2D eigenvalue weighted by atomic mass is 28.3. The van der Waals surface area contributed by atoms with Crippen LogP contribution in [0.15, 0.2) is 321 Å². The number of nitrogens with zero attached hydrogens (tertiary/aromatic N) is 4. The lowest BCUT2D eigenvalue weighted by Crippen LogP contribution is -2.80. The number of pyridine rings is 1. The Morgan fingerprint density at radius 1 is 0.462 bits per heavy atom. The summed E-state index contributed by atoms with van der Waals surface area (Å²) >= 11 is 0. The number of aromatic nitrogens is 4. The number of fused-ring (bicyclic) bond motifs is 4. The van der Waals surface area contributed by atoms with Crippen molar-refractivity contribution in [1.29, 1.82) is 0 Å². The maximum Gasteiger partial charge on any atom is 0.269 e. The standard InChI is InChI=1S/C84H68N4OSi2/c1-60-29-26-30-61(2)82(60)62-49-52-76-78(55-62)86(64-31-27-32-65(57-64)89-66-50-51-74-73-45-24-25-46-75(73)88(77(74)58-66)81-56-63(53-54-85-81)84(3,4)5)59-87(76)83-79(90(67-33-12-6-13-34-67,68-35-14-7-15-36-68)69-37-16-8-17-38-69)47-28-48-80(83)91(70-39-18-9-19-40-70,71-41-20-10-21-42-71)72-43-22-11-23-44-72/h6-58H,1-5H3/i1D3,2D3,6D,7D,8D,9D,10D,11D,12D,13D,14D,15D,16D,17D,18D,19D,20D,21D,22D,23D,33D,34D,35D,36D,37D,38D,39D,40D,41D,42D,43D,44D. The second-order valence-corrected chi connectivity index (χ2v) is 29.3. The molecule has 3 aromatic heterocycles. The zero-order valence-corrected chi connectivity index (χ0v) is 50.5. The highest BCUT2D eigenvalue weighted by molar-refractivity contribution is 7.22. The first-order valence-corrected chi connectivity index (χ1v) is 32.5. The SMILES string of the molecule is [2H]c1c([2H])c([2H])c([Si](c2cccc([Si](c3c([2H])c([2H])c([2H])c([2H])c3[2H])(c3c([2H])c([2H])c([2H])c([2H])c3[2H])c3c([2H])c([2H])c([2H])c([2H])c3[2H])c2-[n+]2[c-]n(-c3cccc(Oc4ccc5c6ccccc6n(-c6cc(C(C)(C)C)ccn6)c5c4)c3)c3cc(-c4c(C([2H])([2H])[2H])cccc4C([2H])([2H])[2H])ccc32)(c2c([2H])c([2H])c([2H])c([2H])c2[2H])c2c([2H])c([2H])c([2H])c([2H])c2[2H])c([2H])c1[2H]. The van der Waals surface area contributed by atoms with Crippen LogP contribution in [0.25, 0.3) is 61.2 Å². The molecule has 15 rings (SSSR count). The molecule has 438 valence electrons. The van der Waals surface area contributed by atoms with E-state index in [4.69, 9.17) is 26.2 Å². The maximum absolute atomic E-state index is 10.4. The lowest BCUT2D eigenvalue weighted by atomic mass is 9.88. The lowest BCUT2D eigenvalue weighted by Gasteiger charge is -2.40. The van der Waals surface area contributed by atoms with E-state index in [0.29, 0.717) is 11.3 Å². The van der Waals surface area contributed by atoms with Gasteiger partial charge in [-0.1, -0.05) is 275 Å². The number of para-hydroxylation sites is 2. The normalized spacial score (nSPS) is 17.9. The quantitative estimate of drug-likeness (QED) is 0.0471.